The van der Waals surface area contributed by atoms with Gasteiger partial charge in [-0.2, -0.15) is 0 Å². The van der Waals surface area contributed by atoms with E-state index in [1.807, 2.05) is 0 Å². The highest BCUT2D eigenvalue weighted by Crippen LogP contribution is 2.49. The number of rotatable bonds is 4. The smallest absolute Gasteiger partial charge is 0.336 e. The second-order valence-electron chi connectivity index (χ2n) is 6.22. The first kappa shape index (κ1) is 18.0. The Kier molecular flexibility index (Phi) is 4.48. The van der Waals surface area contributed by atoms with Gasteiger partial charge in [0.15, 0.2) is 35.0 Å². The molecule has 3 aromatic rings. The van der Waals surface area contributed by atoms with Gasteiger partial charge in [-0.05, 0) is 24.3 Å². The Balaban J connectivity index is 1.89. The first-order valence-electron chi connectivity index (χ1n) is 8.51. The molecule has 1 aliphatic rings. The third-order valence-electron chi connectivity index (χ3n) is 4.57. The maximum atomic E-state index is 11.7. The molecule has 146 valence electrons. The van der Waals surface area contributed by atoms with Gasteiger partial charge in [0.2, 0.25) is 11.5 Å². The molecule has 8 nitrogen and oxygen atoms in total. The van der Waals surface area contributed by atoms with E-state index in [1.165, 1.54) is 26.4 Å². The van der Waals surface area contributed by atoms with Crippen LogP contribution in [0.4, 0.5) is 0 Å². The van der Waals surface area contributed by atoms with Gasteiger partial charge in [0.25, 0.3) is 0 Å². The van der Waals surface area contributed by atoms with Crippen LogP contribution in [0.1, 0.15) is 11.7 Å². The molecule has 2 unspecified atom stereocenters. The van der Waals surface area contributed by atoms with Crippen LogP contribution < -0.4 is 24.6 Å². The number of aromatic hydroxyl groups is 1. The summed E-state index contributed by atoms with van der Waals surface area (Å²) in [5, 5.41) is 20.3. The molecule has 0 amide bonds. The maximum Gasteiger partial charge on any atom is 0.336 e. The highest BCUT2D eigenvalue weighted by Gasteiger charge is 2.37. The summed E-state index contributed by atoms with van der Waals surface area (Å²) in [6.45, 7) is -0.340. The summed E-state index contributed by atoms with van der Waals surface area (Å²) in [5.41, 5.74) is 0.291. The fourth-order valence-electron chi connectivity index (χ4n) is 3.21. The lowest BCUT2D eigenvalue weighted by molar-refractivity contribution is -0.0137. The zero-order chi connectivity index (χ0) is 19.8. The Morgan fingerprint density at radius 2 is 1.79 bits per heavy atom. The molecule has 2 aromatic carbocycles. The van der Waals surface area contributed by atoms with E-state index in [0.29, 0.717) is 16.7 Å². The minimum Gasteiger partial charge on any atom is -0.504 e. The zero-order valence-corrected chi connectivity index (χ0v) is 15.2. The summed E-state index contributed by atoms with van der Waals surface area (Å²) in [4.78, 5) is 11.7. The third kappa shape index (κ3) is 2.87. The second-order valence-corrected chi connectivity index (χ2v) is 6.22. The van der Waals surface area contributed by atoms with Crippen molar-refractivity contribution in [2.45, 2.75) is 12.2 Å². The first-order valence-corrected chi connectivity index (χ1v) is 8.51. The van der Waals surface area contributed by atoms with Gasteiger partial charge >= 0.3 is 5.63 Å². The standard InChI is InChI=1S/C20H18O8/c1-24-13-7-10(3-5-12(13)22)17-15(9-21)26-19-14(25-2)8-11-4-6-16(23)27-18(11)20(19)28-17/h3-8,15,17,21-22H,9H2,1-2H3. The number of aliphatic hydroxyl groups is 1. The van der Waals surface area contributed by atoms with E-state index in [0.717, 1.165) is 0 Å². The van der Waals surface area contributed by atoms with Gasteiger partial charge in [-0.3, -0.25) is 0 Å². The number of hydrogen-bond acceptors (Lipinski definition) is 8. The topological polar surface area (TPSA) is 108 Å². The normalized spacial score (nSPS) is 18.1. The van der Waals surface area contributed by atoms with Crippen molar-refractivity contribution >= 4 is 11.0 Å². The zero-order valence-electron chi connectivity index (χ0n) is 15.2. The molecule has 1 aliphatic heterocycles. The minimum atomic E-state index is -0.761. The van der Waals surface area contributed by atoms with Crippen molar-refractivity contribution in [1.29, 1.82) is 0 Å². The molecule has 0 fully saturated rings. The van der Waals surface area contributed by atoms with Gasteiger partial charge in [0.05, 0.1) is 20.8 Å². The highest BCUT2D eigenvalue weighted by atomic mass is 16.6. The molecule has 1 aromatic heterocycles. The Morgan fingerprint density at radius 1 is 1.00 bits per heavy atom. The first-order chi connectivity index (χ1) is 13.5. The molecule has 28 heavy (non-hydrogen) atoms. The number of phenols is 1. The maximum absolute atomic E-state index is 11.7. The average molecular weight is 386 g/mol. The van der Waals surface area contributed by atoms with E-state index >= 15 is 0 Å². The Hall–Kier alpha value is -3.39. The Morgan fingerprint density at radius 3 is 2.50 bits per heavy atom. The second kappa shape index (κ2) is 6.97. The van der Waals surface area contributed by atoms with E-state index in [4.69, 9.17) is 23.4 Å². The van der Waals surface area contributed by atoms with Crippen molar-refractivity contribution in [2.75, 3.05) is 20.8 Å². The summed E-state index contributed by atoms with van der Waals surface area (Å²) in [5.74, 6) is 1.06. The summed E-state index contributed by atoms with van der Waals surface area (Å²) < 4.78 is 28.0. The fourth-order valence-corrected chi connectivity index (χ4v) is 3.21. The summed E-state index contributed by atoms with van der Waals surface area (Å²) >= 11 is 0. The third-order valence-corrected chi connectivity index (χ3v) is 4.57. The molecule has 0 aliphatic carbocycles. The molecule has 0 spiro atoms. The van der Waals surface area contributed by atoms with E-state index in [9.17, 15) is 15.0 Å². The molecule has 8 heteroatoms. The number of phenolic OH excluding ortho intramolecular Hbond substituents is 1. The van der Waals surface area contributed by atoms with Crippen molar-refractivity contribution in [1.82, 2.24) is 0 Å². The minimum absolute atomic E-state index is 0.0259. The molecule has 2 heterocycles. The monoisotopic (exact) mass is 386 g/mol. The van der Waals surface area contributed by atoms with E-state index < -0.39 is 17.8 Å². The van der Waals surface area contributed by atoms with Crippen LogP contribution in [0.25, 0.3) is 11.0 Å². The summed E-state index contributed by atoms with van der Waals surface area (Å²) in [7, 11) is 2.91. The highest BCUT2D eigenvalue weighted by molar-refractivity contribution is 5.88. The number of hydrogen-bond donors (Lipinski definition) is 2. The average Bonchev–Trinajstić information content (AvgIpc) is 2.72. The molecule has 2 atom stereocenters. The van der Waals surface area contributed by atoms with Crippen LogP contribution in [0.3, 0.4) is 0 Å². The van der Waals surface area contributed by atoms with Crippen LogP contribution in [-0.4, -0.2) is 37.1 Å². The van der Waals surface area contributed by atoms with Crippen LogP contribution in [0.5, 0.6) is 28.7 Å². The van der Waals surface area contributed by atoms with Crippen molar-refractivity contribution in [3.8, 4) is 28.7 Å². The predicted molar refractivity (Wildman–Crippen MR) is 98.6 cm³/mol. The van der Waals surface area contributed by atoms with Gasteiger partial charge in [0.1, 0.15) is 0 Å². The summed E-state index contributed by atoms with van der Waals surface area (Å²) in [6.07, 6.45) is -1.50. The number of methoxy groups -OCH3 is 2. The van der Waals surface area contributed by atoms with Crippen molar-refractivity contribution < 1.29 is 33.6 Å². The largest absolute Gasteiger partial charge is 0.504 e. The van der Waals surface area contributed by atoms with Crippen molar-refractivity contribution in [3.63, 3.8) is 0 Å². The number of aliphatic hydroxyl groups excluding tert-OH is 1. The van der Waals surface area contributed by atoms with Crippen molar-refractivity contribution in [2.24, 2.45) is 0 Å². The number of ether oxygens (including phenoxy) is 4. The van der Waals surface area contributed by atoms with Crippen LogP contribution in [0, 0.1) is 0 Å². The molecule has 0 bridgehead atoms. The summed E-state index contributed by atoms with van der Waals surface area (Å²) in [6, 6.07) is 9.26. The predicted octanol–water partition coefficient (Wildman–Crippen LogP) is 2.39. The number of benzene rings is 2. The van der Waals surface area contributed by atoms with E-state index in [1.54, 1.807) is 24.3 Å². The van der Waals surface area contributed by atoms with Gasteiger partial charge in [0, 0.05) is 17.0 Å². The SMILES string of the molecule is COc1cc(C2Oc3c(c(OC)cc4ccc(=O)oc34)OC2CO)ccc1O. The Bertz CT molecular complexity index is 1090. The van der Waals surface area contributed by atoms with Gasteiger partial charge in [-0.25, -0.2) is 4.79 Å². The molecular formula is C20H18O8. The van der Waals surface area contributed by atoms with Crippen LogP contribution in [0.2, 0.25) is 0 Å². The van der Waals surface area contributed by atoms with Gasteiger partial charge in [-0.1, -0.05) is 6.07 Å². The van der Waals surface area contributed by atoms with Crippen LogP contribution in [-0.2, 0) is 0 Å². The molecule has 0 saturated carbocycles. The van der Waals surface area contributed by atoms with Crippen LogP contribution >= 0.6 is 0 Å². The number of fused-ring (bicyclic) bond motifs is 3. The lowest BCUT2D eigenvalue weighted by Crippen LogP contribution is -2.36. The molecule has 4 rings (SSSR count). The fraction of sp³-hybridized carbons (Fsp3) is 0.250. The molecule has 2 N–H and O–H groups in total. The van der Waals surface area contributed by atoms with E-state index in [2.05, 4.69) is 0 Å². The van der Waals surface area contributed by atoms with Gasteiger partial charge in [-0.15, -0.1) is 0 Å². The van der Waals surface area contributed by atoms with Crippen LogP contribution in [0.15, 0.2) is 45.6 Å². The lowest BCUT2D eigenvalue weighted by atomic mass is 10.0. The molecule has 0 radical (unpaired) electrons. The van der Waals surface area contributed by atoms with Gasteiger partial charge < -0.3 is 33.6 Å². The Labute approximate surface area is 159 Å². The molecule has 0 saturated heterocycles. The quantitative estimate of drug-likeness (QED) is 0.658. The van der Waals surface area contributed by atoms with Crippen molar-refractivity contribution in [3.05, 3.63) is 52.4 Å². The lowest BCUT2D eigenvalue weighted by Gasteiger charge is -2.34. The molecular weight excluding hydrogens is 368 g/mol. The van der Waals surface area contributed by atoms with E-state index in [-0.39, 0.29) is 35.2 Å².